The van der Waals surface area contributed by atoms with E-state index in [1.165, 1.54) is 86.5 Å². The van der Waals surface area contributed by atoms with Gasteiger partial charge in [-0.3, -0.25) is 0 Å². The Morgan fingerprint density at radius 1 is 0.312 bits per heavy atom. The molecule has 4 N–H and O–H groups in total. The molecule has 0 amide bonds. The quantitative estimate of drug-likeness (QED) is 0.176. The third kappa shape index (κ3) is 3.89. The van der Waals surface area contributed by atoms with Gasteiger partial charge in [-0.15, -0.1) is 0 Å². The highest BCUT2D eigenvalue weighted by atomic mass is 16.3. The molecule has 0 radical (unpaired) electrons. The van der Waals surface area contributed by atoms with Gasteiger partial charge in [0, 0.05) is 0 Å². The molecule has 8 bridgehead atoms. The van der Waals surface area contributed by atoms with Crippen LogP contribution in [0.1, 0.15) is 99.3 Å². The number of hydrogen-bond donors (Lipinski definition) is 4. The second-order valence-corrected chi connectivity index (χ2v) is 17.9. The molecule has 4 aromatic carbocycles. The lowest BCUT2D eigenvalue weighted by atomic mass is 9.26. The van der Waals surface area contributed by atoms with Gasteiger partial charge in [-0.05, 0) is 192 Å². The summed E-state index contributed by atoms with van der Waals surface area (Å²) in [6, 6.07) is 33.0. The van der Waals surface area contributed by atoms with E-state index >= 15 is 0 Å². The Kier molecular flexibility index (Phi) is 5.69. The van der Waals surface area contributed by atoms with Crippen molar-refractivity contribution in [2.45, 2.75) is 98.7 Å². The van der Waals surface area contributed by atoms with E-state index in [4.69, 9.17) is 0 Å². The molecule has 0 spiro atoms. The van der Waals surface area contributed by atoms with E-state index in [9.17, 15) is 20.4 Å². The smallest absolute Gasteiger partial charge is 0.115 e. The molecule has 8 saturated carbocycles. The second-order valence-electron chi connectivity index (χ2n) is 17.9. The van der Waals surface area contributed by atoms with Gasteiger partial charge in [-0.25, -0.2) is 0 Å². The molecule has 0 saturated heterocycles. The van der Waals surface area contributed by atoms with E-state index in [0.717, 1.165) is 12.8 Å². The molecule has 4 aromatic rings. The minimum atomic E-state index is 0.0474. The molecule has 48 heavy (non-hydrogen) atoms. The van der Waals surface area contributed by atoms with Crippen molar-refractivity contribution in [1.29, 1.82) is 0 Å². The fraction of sp³-hybridized carbons (Fsp3) is 0.455. The van der Waals surface area contributed by atoms with Crippen LogP contribution in [-0.2, 0) is 21.7 Å². The van der Waals surface area contributed by atoms with Crippen molar-refractivity contribution < 1.29 is 20.4 Å². The average Bonchev–Trinajstić information content (AvgIpc) is 3.04. The van der Waals surface area contributed by atoms with Crippen LogP contribution >= 0.6 is 0 Å². The summed E-state index contributed by atoms with van der Waals surface area (Å²) in [5.41, 5.74) is 6.07. The first kappa shape index (κ1) is 29.0. The summed E-state index contributed by atoms with van der Waals surface area (Å²) in [4.78, 5) is 0. The van der Waals surface area contributed by atoms with Crippen molar-refractivity contribution in [3.8, 4) is 23.0 Å². The van der Waals surface area contributed by atoms with Crippen LogP contribution in [0.2, 0.25) is 0 Å². The Hall–Kier alpha value is -3.92. The highest BCUT2D eigenvalue weighted by molar-refractivity contribution is 5.46. The standard InChI is InChI=1S/C44H46O4/c45-35-9-1-31(2-10-35)39-17-29-18-40(23-39,32-3-11-36(46)12-4-32)26-43(21-29,25-39)44-22-30-19-41(27-44,33-5-13-37(47)14-6-33)24-42(20-30,28-44)34-7-15-38(48)16-8-34/h1-16,29-30,45-48H,17-28H2. The molecular formula is C44H46O4. The van der Waals surface area contributed by atoms with Crippen molar-refractivity contribution in [1.82, 2.24) is 0 Å². The van der Waals surface area contributed by atoms with Crippen LogP contribution in [0.25, 0.3) is 0 Å². The minimum absolute atomic E-state index is 0.0474. The molecule has 4 nitrogen and oxygen atoms in total. The molecule has 12 rings (SSSR count). The third-order valence-electron chi connectivity index (χ3n) is 15.2. The maximum Gasteiger partial charge on any atom is 0.115 e. The molecule has 8 aliphatic carbocycles. The zero-order chi connectivity index (χ0) is 32.6. The Morgan fingerprint density at radius 2 is 0.542 bits per heavy atom. The lowest BCUT2D eigenvalue weighted by Crippen LogP contribution is -2.70. The SMILES string of the molecule is Oc1ccc(C23CC4CC(c5ccc(O)cc5)(C2)CC(C25CC6CC(c7ccc(O)cc7)(CC(c7ccc(O)cc7)(C6)C2)C5)(C4)C3)cc1. The molecule has 0 aliphatic heterocycles. The molecule has 246 valence electrons. The third-order valence-corrected chi connectivity index (χ3v) is 15.2. The van der Waals surface area contributed by atoms with Gasteiger partial charge in [0.15, 0.2) is 0 Å². The van der Waals surface area contributed by atoms with Crippen LogP contribution in [0.15, 0.2) is 97.1 Å². The molecule has 4 heteroatoms. The van der Waals surface area contributed by atoms with E-state index in [1.807, 2.05) is 48.5 Å². The van der Waals surface area contributed by atoms with Crippen LogP contribution in [-0.4, -0.2) is 20.4 Å². The first-order chi connectivity index (χ1) is 23.1. The van der Waals surface area contributed by atoms with E-state index in [0.29, 0.717) is 34.8 Å². The molecule has 4 atom stereocenters. The monoisotopic (exact) mass is 638 g/mol. The topological polar surface area (TPSA) is 80.9 Å². The van der Waals surface area contributed by atoms with Crippen LogP contribution < -0.4 is 0 Å². The fourth-order valence-electron chi connectivity index (χ4n) is 14.6. The van der Waals surface area contributed by atoms with Crippen LogP contribution in [0.4, 0.5) is 0 Å². The highest BCUT2D eigenvalue weighted by Gasteiger charge is 2.74. The van der Waals surface area contributed by atoms with Crippen molar-refractivity contribution in [2.75, 3.05) is 0 Å². The summed E-state index contributed by atoms with van der Waals surface area (Å²) < 4.78 is 0. The second kappa shape index (κ2) is 9.40. The Balaban J connectivity index is 1.18. The van der Waals surface area contributed by atoms with E-state index < -0.39 is 0 Å². The number of aromatic hydroxyl groups is 4. The molecular weight excluding hydrogens is 592 g/mol. The molecule has 8 aliphatic rings. The summed E-state index contributed by atoms with van der Waals surface area (Å²) in [5.74, 6) is 2.59. The van der Waals surface area contributed by atoms with Crippen LogP contribution in [0.5, 0.6) is 23.0 Å². The number of benzene rings is 4. The summed E-state index contributed by atoms with van der Waals surface area (Å²) >= 11 is 0. The number of hydrogen-bond acceptors (Lipinski definition) is 4. The molecule has 0 heterocycles. The summed E-state index contributed by atoms with van der Waals surface area (Å²) in [7, 11) is 0. The van der Waals surface area contributed by atoms with E-state index in [2.05, 4.69) is 48.5 Å². The van der Waals surface area contributed by atoms with Crippen molar-refractivity contribution >= 4 is 0 Å². The van der Waals surface area contributed by atoms with E-state index in [-0.39, 0.29) is 32.5 Å². The van der Waals surface area contributed by atoms with Gasteiger partial charge >= 0.3 is 0 Å². The normalized spacial score (nSPS) is 40.3. The maximum absolute atomic E-state index is 10.4. The number of rotatable bonds is 5. The van der Waals surface area contributed by atoms with Crippen molar-refractivity contribution in [2.24, 2.45) is 22.7 Å². The molecule has 4 unspecified atom stereocenters. The zero-order valence-corrected chi connectivity index (χ0v) is 27.7. The zero-order valence-electron chi connectivity index (χ0n) is 27.7. The van der Waals surface area contributed by atoms with Gasteiger partial charge in [-0.1, -0.05) is 48.5 Å². The average molecular weight is 639 g/mol. The van der Waals surface area contributed by atoms with Gasteiger partial charge in [0.2, 0.25) is 0 Å². The van der Waals surface area contributed by atoms with Gasteiger partial charge < -0.3 is 20.4 Å². The van der Waals surface area contributed by atoms with Gasteiger partial charge in [0.05, 0.1) is 0 Å². The number of phenolic OH excluding ortho intramolecular Hbond substituents is 4. The first-order valence-electron chi connectivity index (χ1n) is 18.2. The van der Waals surface area contributed by atoms with Gasteiger partial charge in [0.25, 0.3) is 0 Å². The maximum atomic E-state index is 10.4. The predicted molar refractivity (Wildman–Crippen MR) is 186 cm³/mol. The fourth-order valence-corrected chi connectivity index (χ4v) is 14.6. The predicted octanol–water partition coefficient (Wildman–Crippen LogP) is 9.53. The first-order valence-corrected chi connectivity index (χ1v) is 18.2. The highest BCUT2D eigenvalue weighted by Crippen LogP contribution is 2.82. The Morgan fingerprint density at radius 3 is 0.771 bits per heavy atom. The largest absolute Gasteiger partial charge is 0.508 e. The summed E-state index contributed by atoms with van der Waals surface area (Å²) in [6.45, 7) is 0. The Bertz CT molecular complexity index is 1630. The summed E-state index contributed by atoms with van der Waals surface area (Å²) in [5, 5.41) is 41.4. The minimum Gasteiger partial charge on any atom is -0.508 e. The van der Waals surface area contributed by atoms with Gasteiger partial charge in [0.1, 0.15) is 23.0 Å². The van der Waals surface area contributed by atoms with E-state index in [1.54, 1.807) is 0 Å². The lowest BCUT2D eigenvalue weighted by Gasteiger charge is -2.77. The van der Waals surface area contributed by atoms with Crippen LogP contribution in [0, 0.1) is 22.7 Å². The summed E-state index contributed by atoms with van der Waals surface area (Å²) in [6.07, 6.45) is 14.5. The van der Waals surface area contributed by atoms with Crippen LogP contribution in [0.3, 0.4) is 0 Å². The number of phenols is 4. The lowest BCUT2D eigenvalue weighted by molar-refractivity contribution is -0.224. The molecule has 0 aromatic heterocycles. The van der Waals surface area contributed by atoms with Crippen molar-refractivity contribution in [3.63, 3.8) is 0 Å². The van der Waals surface area contributed by atoms with Crippen molar-refractivity contribution in [3.05, 3.63) is 119 Å². The molecule has 8 fully saturated rings. The van der Waals surface area contributed by atoms with Gasteiger partial charge in [-0.2, -0.15) is 0 Å². The Labute approximate surface area is 283 Å².